The van der Waals surface area contributed by atoms with E-state index in [9.17, 15) is 9.18 Å². The van der Waals surface area contributed by atoms with Crippen LogP contribution in [-0.4, -0.2) is 11.0 Å². The summed E-state index contributed by atoms with van der Waals surface area (Å²) in [5.74, 6) is -0.315. The molecule has 0 spiro atoms. The van der Waals surface area contributed by atoms with Crippen LogP contribution in [-0.2, 0) is 0 Å². The molecule has 1 aromatic heterocycles. The number of carbonyl (C=O) groups is 1. The summed E-state index contributed by atoms with van der Waals surface area (Å²) in [6.07, 6.45) is 3.06. The van der Waals surface area contributed by atoms with Gasteiger partial charge in [0.05, 0.1) is 5.69 Å². The molecule has 0 radical (unpaired) electrons. The van der Waals surface area contributed by atoms with Gasteiger partial charge >= 0.3 is 6.03 Å². The van der Waals surface area contributed by atoms with Gasteiger partial charge in [-0.15, -0.1) is 11.3 Å². The second-order valence-corrected chi connectivity index (χ2v) is 4.64. The van der Waals surface area contributed by atoms with Crippen molar-refractivity contribution >= 4 is 28.6 Å². The maximum absolute atomic E-state index is 12.9. The van der Waals surface area contributed by atoms with Crippen molar-refractivity contribution in [2.24, 2.45) is 0 Å². The van der Waals surface area contributed by atoms with Crippen molar-refractivity contribution in [3.8, 4) is 0 Å². The summed E-state index contributed by atoms with van der Waals surface area (Å²) in [5, 5.41) is 7.50. The molecule has 0 bridgehead atoms. The van der Waals surface area contributed by atoms with Gasteiger partial charge in [-0.2, -0.15) is 0 Å². The third-order valence-corrected chi connectivity index (χ3v) is 3.05. The van der Waals surface area contributed by atoms with Crippen LogP contribution in [0.2, 0.25) is 0 Å². The Labute approximate surface area is 114 Å². The lowest BCUT2D eigenvalue weighted by molar-refractivity contribution is 0.255. The summed E-state index contributed by atoms with van der Waals surface area (Å²) in [5.41, 5.74) is 1.53. The van der Waals surface area contributed by atoms with Crippen molar-refractivity contribution < 1.29 is 9.18 Å². The predicted octanol–water partition coefficient (Wildman–Crippen LogP) is 3.38. The number of aryl methyl sites for hydroxylation is 1. The predicted molar refractivity (Wildman–Crippen MR) is 74.4 cm³/mol. The number of rotatable bonds is 3. The number of anilines is 1. The molecule has 0 atom stereocenters. The Kier molecular flexibility index (Phi) is 4.25. The molecule has 0 aliphatic carbocycles. The highest BCUT2D eigenvalue weighted by atomic mass is 32.1. The van der Waals surface area contributed by atoms with E-state index in [0.29, 0.717) is 10.7 Å². The first-order valence-electron chi connectivity index (χ1n) is 5.55. The summed E-state index contributed by atoms with van der Waals surface area (Å²) < 4.78 is 12.9. The quantitative estimate of drug-likeness (QED) is 0.903. The molecule has 0 aliphatic rings. The monoisotopic (exact) mass is 277 g/mol. The van der Waals surface area contributed by atoms with E-state index in [-0.39, 0.29) is 11.8 Å². The standard InChI is InChI=1S/C13H12FN3OS/c1-9-8-19-13(16-9)17-12(18)15-6-5-10-3-2-4-11(14)7-10/h2-8H,1H3,(H2,15,16,17,18)/b6-5+. The molecule has 1 aromatic carbocycles. The lowest BCUT2D eigenvalue weighted by Gasteiger charge is -2.00. The SMILES string of the molecule is Cc1csc(NC(=O)N/C=C/c2cccc(F)c2)n1. The number of thiazole rings is 1. The average Bonchev–Trinajstić information content (AvgIpc) is 2.75. The molecule has 19 heavy (non-hydrogen) atoms. The molecule has 0 fully saturated rings. The van der Waals surface area contributed by atoms with Gasteiger partial charge < -0.3 is 5.32 Å². The molecule has 0 saturated heterocycles. The Hall–Kier alpha value is -2.21. The Morgan fingerprint density at radius 2 is 2.32 bits per heavy atom. The number of aromatic nitrogens is 1. The van der Waals surface area contributed by atoms with Gasteiger partial charge in [0.2, 0.25) is 0 Å². The van der Waals surface area contributed by atoms with Crippen LogP contribution in [0.1, 0.15) is 11.3 Å². The van der Waals surface area contributed by atoms with Gasteiger partial charge in [-0.25, -0.2) is 14.2 Å². The number of halogens is 1. The zero-order valence-corrected chi connectivity index (χ0v) is 11.0. The molecule has 0 unspecified atom stereocenters. The number of benzene rings is 1. The fraction of sp³-hybridized carbons (Fsp3) is 0.0769. The maximum Gasteiger partial charge on any atom is 0.325 e. The van der Waals surface area contributed by atoms with Gasteiger partial charge in [0.25, 0.3) is 0 Å². The van der Waals surface area contributed by atoms with E-state index in [2.05, 4.69) is 15.6 Å². The molecule has 4 nitrogen and oxygen atoms in total. The number of urea groups is 1. The summed E-state index contributed by atoms with van der Waals surface area (Å²) in [7, 11) is 0. The van der Waals surface area contributed by atoms with Crippen LogP contribution in [0.5, 0.6) is 0 Å². The van der Waals surface area contributed by atoms with Crippen LogP contribution >= 0.6 is 11.3 Å². The van der Waals surface area contributed by atoms with Gasteiger partial charge in [-0.1, -0.05) is 12.1 Å². The number of hydrogen-bond donors (Lipinski definition) is 2. The lowest BCUT2D eigenvalue weighted by atomic mass is 10.2. The zero-order chi connectivity index (χ0) is 13.7. The summed E-state index contributed by atoms with van der Waals surface area (Å²) in [6, 6.07) is 5.70. The molecule has 1 heterocycles. The molecule has 0 saturated carbocycles. The van der Waals surface area contributed by atoms with E-state index in [0.717, 1.165) is 5.69 Å². The maximum atomic E-state index is 12.9. The first kappa shape index (κ1) is 13.2. The molecular formula is C13H12FN3OS. The van der Waals surface area contributed by atoms with Crippen molar-refractivity contribution in [2.75, 3.05) is 5.32 Å². The summed E-state index contributed by atoms with van der Waals surface area (Å²) >= 11 is 1.35. The minimum atomic E-state index is -0.387. The van der Waals surface area contributed by atoms with E-state index < -0.39 is 0 Å². The number of amides is 2. The van der Waals surface area contributed by atoms with E-state index in [1.165, 1.54) is 29.7 Å². The molecule has 2 N–H and O–H groups in total. The van der Waals surface area contributed by atoms with Gasteiger partial charge in [-0.3, -0.25) is 5.32 Å². The molecule has 6 heteroatoms. The fourth-order valence-electron chi connectivity index (χ4n) is 1.37. The van der Waals surface area contributed by atoms with Crippen LogP contribution in [0.15, 0.2) is 35.8 Å². The van der Waals surface area contributed by atoms with Crippen molar-refractivity contribution in [2.45, 2.75) is 6.92 Å². The fourth-order valence-corrected chi connectivity index (χ4v) is 2.05. The number of hydrogen-bond acceptors (Lipinski definition) is 3. The second-order valence-electron chi connectivity index (χ2n) is 3.78. The van der Waals surface area contributed by atoms with E-state index >= 15 is 0 Å². The number of nitrogens with zero attached hydrogens (tertiary/aromatic N) is 1. The minimum Gasteiger partial charge on any atom is -0.314 e. The normalized spacial score (nSPS) is 10.6. The Bertz CT molecular complexity index is 609. The van der Waals surface area contributed by atoms with E-state index in [4.69, 9.17) is 0 Å². The summed E-state index contributed by atoms with van der Waals surface area (Å²) in [6.45, 7) is 1.85. The molecule has 0 aliphatic heterocycles. The van der Waals surface area contributed by atoms with Gasteiger partial charge in [-0.05, 0) is 30.7 Å². The van der Waals surface area contributed by atoms with Crippen molar-refractivity contribution in [1.82, 2.24) is 10.3 Å². The molecule has 2 amide bonds. The molecular weight excluding hydrogens is 265 g/mol. The molecule has 2 aromatic rings. The topological polar surface area (TPSA) is 54.0 Å². The van der Waals surface area contributed by atoms with Crippen LogP contribution < -0.4 is 10.6 Å². The van der Waals surface area contributed by atoms with Gasteiger partial charge in [0, 0.05) is 11.6 Å². The first-order valence-corrected chi connectivity index (χ1v) is 6.43. The van der Waals surface area contributed by atoms with Crippen molar-refractivity contribution in [3.63, 3.8) is 0 Å². The number of carbonyl (C=O) groups excluding carboxylic acids is 1. The highest BCUT2D eigenvalue weighted by Crippen LogP contribution is 2.13. The van der Waals surface area contributed by atoms with E-state index in [1.807, 2.05) is 12.3 Å². The molecule has 98 valence electrons. The number of nitrogens with one attached hydrogen (secondary N) is 2. The largest absolute Gasteiger partial charge is 0.325 e. The first-order chi connectivity index (χ1) is 9.13. The Balaban J connectivity index is 1.86. The van der Waals surface area contributed by atoms with Crippen molar-refractivity contribution in [1.29, 1.82) is 0 Å². The van der Waals surface area contributed by atoms with Crippen LogP contribution in [0.3, 0.4) is 0 Å². The smallest absolute Gasteiger partial charge is 0.314 e. The highest BCUT2D eigenvalue weighted by molar-refractivity contribution is 7.13. The average molecular weight is 277 g/mol. The zero-order valence-electron chi connectivity index (χ0n) is 10.2. The second kappa shape index (κ2) is 6.10. The minimum absolute atomic E-state index is 0.315. The van der Waals surface area contributed by atoms with Gasteiger partial charge in [0.15, 0.2) is 5.13 Å². The Morgan fingerprint density at radius 1 is 1.47 bits per heavy atom. The highest BCUT2D eigenvalue weighted by Gasteiger charge is 2.02. The summed E-state index contributed by atoms with van der Waals surface area (Å²) in [4.78, 5) is 15.6. The van der Waals surface area contributed by atoms with Crippen LogP contribution in [0, 0.1) is 12.7 Å². The Morgan fingerprint density at radius 3 is 3.00 bits per heavy atom. The third-order valence-electron chi connectivity index (χ3n) is 2.18. The van der Waals surface area contributed by atoms with Crippen LogP contribution in [0.4, 0.5) is 14.3 Å². The van der Waals surface area contributed by atoms with Crippen molar-refractivity contribution in [3.05, 3.63) is 52.9 Å². The third kappa shape index (κ3) is 4.18. The van der Waals surface area contributed by atoms with Crippen LogP contribution in [0.25, 0.3) is 6.08 Å². The van der Waals surface area contributed by atoms with Gasteiger partial charge in [0.1, 0.15) is 5.82 Å². The molecule has 2 rings (SSSR count). The van der Waals surface area contributed by atoms with E-state index in [1.54, 1.807) is 18.2 Å². The lowest BCUT2D eigenvalue weighted by Crippen LogP contribution is -2.23.